The third-order valence-corrected chi connectivity index (χ3v) is 13.0. The van der Waals surface area contributed by atoms with E-state index < -0.39 is 17.5 Å². The first-order valence-electron chi connectivity index (χ1n) is 13.9. The molecule has 0 aliphatic heterocycles. The maximum atomic E-state index is 12.8. The maximum absolute atomic E-state index is 12.8. The fourth-order valence-corrected chi connectivity index (χ4v) is 10.8. The summed E-state index contributed by atoms with van der Waals surface area (Å²) in [7, 11) is 0. The van der Waals surface area contributed by atoms with Crippen molar-refractivity contribution in [1.29, 1.82) is 0 Å². The summed E-state index contributed by atoms with van der Waals surface area (Å²) in [5.41, 5.74) is 0.437. The lowest BCUT2D eigenvalue weighted by atomic mass is 9.33. The molecule has 0 spiro atoms. The van der Waals surface area contributed by atoms with Crippen molar-refractivity contribution in [2.45, 2.75) is 118 Å². The molecule has 0 aromatic rings. The highest BCUT2D eigenvalue weighted by molar-refractivity contribution is 5.77. The van der Waals surface area contributed by atoms with E-state index in [0.717, 1.165) is 44.9 Å². The van der Waals surface area contributed by atoms with E-state index in [-0.39, 0.29) is 39.1 Å². The monoisotopic (exact) mass is 472 g/mol. The zero-order valence-electron chi connectivity index (χ0n) is 22.6. The van der Waals surface area contributed by atoms with Crippen LogP contribution in [0.2, 0.25) is 0 Å². The first kappa shape index (κ1) is 24.8. The zero-order valence-corrected chi connectivity index (χ0v) is 22.6. The molecule has 4 fully saturated rings. The Balaban J connectivity index is 1.61. The van der Waals surface area contributed by atoms with Gasteiger partial charge in [0.25, 0.3) is 0 Å². The second-order valence-electron chi connectivity index (χ2n) is 15.2. The third kappa shape index (κ3) is 2.82. The number of aliphatic carboxylic acids is 1. The minimum absolute atomic E-state index is 0.0408. The van der Waals surface area contributed by atoms with Crippen LogP contribution in [0.1, 0.15) is 106 Å². The van der Waals surface area contributed by atoms with Crippen molar-refractivity contribution in [2.24, 2.45) is 50.2 Å². The molecule has 4 nitrogen and oxygen atoms in total. The van der Waals surface area contributed by atoms with E-state index in [1.165, 1.54) is 5.57 Å². The first-order valence-corrected chi connectivity index (χ1v) is 13.9. The van der Waals surface area contributed by atoms with E-state index in [2.05, 4.69) is 54.5 Å². The molecule has 4 saturated carbocycles. The van der Waals surface area contributed by atoms with Crippen LogP contribution in [-0.4, -0.2) is 33.5 Å². The lowest BCUT2D eigenvalue weighted by molar-refractivity contribution is -0.212. The van der Waals surface area contributed by atoms with Gasteiger partial charge in [0.1, 0.15) is 5.41 Å². The number of allylic oxidation sites excluding steroid dienone is 2. The fourth-order valence-electron chi connectivity index (χ4n) is 10.8. The summed E-state index contributed by atoms with van der Waals surface area (Å²) in [6.45, 7) is 16.4. The highest BCUT2D eigenvalue weighted by Gasteiger charge is 2.70. The molecule has 34 heavy (non-hydrogen) atoms. The molecule has 5 aliphatic rings. The zero-order chi connectivity index (χ0) is 25.1. The lowest BCUT2D eigenvalue weighted by Crippen LogP contribution is -2.66. The number of rotatable bonds is 1. The Morgan fingerprint density at radius 3 is 2.18 bits per heavy atom. The number of hydrogen-bond acceptors (Lipinski definition) is 3. The van der Waals surface area contributed by atoms with E-state index in [4.69, 9.17) is 0 Å². The smallest absolute Gasteiger partial charge is 0.312 e. The predicted octanol–water partition coefficient (Wildman–Crippen LogP) is 6.20. The second-order valence-corrected chi connectivity index (χ2v) is 15.2. The number of carboxylic acid groups (broad SMARTS) is 1. The summed E-state index contributed by atoms with van der Waals surface area (Å²) in [4.78, 5) is 12.8. The minimum atomic E-state index is -1.04. The molecule has 5 rings (SSSR count). The largest absolute Gasteiger partial charge is 0.481 e. The van der Waals surface area contributed by atoms with Gasteiger partial charge in [0.2, 0.25) is 0 Å². The van der Waals surface area contributed by atoms with Crippen LogP contribution in [0.25, 0.3) is 0 Å². The number of carboxylic acids is 1. The molecule has 0 radical (unpaired) electrons. The van der Waals surface area contributed by atoms with Gasteiger partial charge in [0.15, 0.2) is 0 Å². The van der Waals surface area contributed by atoms with Crippen molar-refractivity contribution in [3.63, 3.8) is 0 Å². The van der Waals surface area contributed by atoms with Gasteiger partial charge in [0, 0.05) is 0 Å². The molecule has 0 aromatic carbocycles. The Morgan fingerprint density at radius 2 is 1.53 bits per heavy atom. The maximum Gasteiger partial charge on any atom is 0.312 e. The van der Waals surface area contributed by atoms with Crippen molar-refractivity contribution in [3.8, 4) is 0 Å². The Kier molecular flexibility index (Phi) is 5.20. The summed E-state index contributed by atoms with van der Waals surface area (Å²) in [6.07, 6.45) is 9.51. The SMILES string of the molecule is CC1(C)CC(O)[C@]2(C(=O)O)CCC3(C)C(=CCC4[C@@]5(C)CC[C@H](O)C(C)(C)C5CC[C@]43C)[C@@H]2C1. The van der Waals surface area contributed by atoms with Gasteiger partial charge < -0.3 is 15.3 Å². The Morgan fingerprint density at radius 1 is 0.853 bits per heavy atom. The van der Waals surface area contributed by atoms with Crippen LogP contribution in [0.5, 0.6) is 0 Å². The molecule has 0 aromatic heterocycles. The second kappa shape index (κ2) is 7.12. The number of hydrogen-bond donors (Lipinski definition) is 3. The van der Waals surface area contributed by atoms with Crippen LogP contribution in [0.15, 0.2) is 11.6 Å². The molecule has 4 unspecified atom stereocenters. The molecule has 192 valence electrons. The van der Waals surface area contributed by atoms with E-state index in [1.807, 2.05) is 0 Å². The highest BCUT2D eigenvalue weighted by atomic mass is 16.4. The number of aliphatic hydroxyl groups excluding tert-OH is 2. The molecule has 0 saturated heterocycles. The van der Waals surface area contributed by atoms with Crippen LogP contribution in [0.3, 0.4) is 0 Å². The van der Waals surface area contributed by atoms with Gasteiger partial charge in [-0.25, -0.2) is 0 Å². The normalized spacial score (nSPS) is 53.4. The van der Waals surface area contributed by atoms with E-state index in [1.54, 1.807) is 0 Å². The molecular formula is C30H48O4. The summed E-state index contributed by atoms with van der Waals surface area (Å²) >= 11 is 0. The van der Waals surface area contributed by atoms with Gasteiger partial charge in [0.05, 0.1) is 12.2 Å². The molecule has 0 heterocycles. The van der Waals surface area contributed by atoms with Crippen LogP contribution >= 0.6 is 0 Å². The Hall–Kier alpha value is -0.870. The first-order chi connectivity index (χ1) is 15.6. The highest BCUT2D eigenvalue weighted by Crippen LogP contribution is 2.75. The minimum Gasteiger partial charge on any atom is -0.481 e. The molecule has 5 aliphatic carbocycles. The van der Waals surface area contributed by atoms with Crippen molar-refractivity contribution < 1.29 is 20.1 Å². The average molecular weight is 473 g/mol. The quantitative estimate of drug-likeness (QED) is 0.397. The molecule has 4 heteroatoms. The summed E-state index contributed by atoms with van der Waals surface area (Å²) in [5.74, 6) is 0.167. The Bertz CT molecular complexity index is 919. The van der Waals surface area contributed by atoms with Crippen LogP contribution in [0.4, 0.5) is 0 Å². The number of aliphatic hydroxyl groups is 2. The van der Waals surface area contributed by atoms with Crippen LogP contribution < -0.4 is 0 Å². The van der Waals surface area contributed by atoms with Crippen molar-refractivity contribution in [3.05, 3.63) is 11.6 Å². The standard InChI is InChI=1S/C30H48O4/c1-25(2)16-19-18-8-9-21-27(5)12-11-22(31)26(3,4)20(27)10-13-29(21,7)28(18,6)14-15-30(19,24(33)34)23(32)17-25/h8,19-23,31-32H,9-17H2,1-7H3,(H,33,34)/t19-,20?,21?,22-,23?,27-,28?,29+,30-/m0/s1. The summed E-state index contributed by atoms with van der Waals surface area (Å²) < 4.78 is 0. The van der Waals surface area contributed by atoms with Gasteiger partial charge in [-0.2, -0.15) is 0 Å². The van der Waals surface area contributed by atoms with Gasteiger partial charge >= 0.3 is 5.97 Å². The van der Waals surface area contributed by atoms with Gasteiger partial charge in [-0.1, -0.05) is 60.1 Å². The van der Waals surface area contributed by atoms with Gasteiger partial charge in [-0.15, -0.1) is 0 Å². The van der Waals surface area contributed by atoms with Crippen LogP contribution in [-0.2, 0) is 4.79 Å². The van der Waals surface area contributed by atoms with Crippen molar-refractivity contribution >= 4 is 5.97 Å². The van der Waals surface area contributed by atoms with E-state index in [9.17, 15) is 20.1 Å². The number of carbonyl (C=O) groups is 1. The van der Waals surface area contributed by atoms with Crippen molar-refractivity contribution in [1.82, 2.24) is 0 Å². The van der Waals surface area contributed by atoms with Gasteiger partial charge in [-0.3, -0.25) is 4.79 Å². The predicted molar refractivity (Wildman–Crippen MR) is 134 cm³/mol. The van der Waals surface area contributed by atoms with E-state index in [0.29, 0.717) is 24.7 Å². The number of fused-ring (bicyclic) bond motifs is 7. The summed E-state index contributed by atoms with van der Waals surface area (Å²) in [5, 5.41) is 32.7. The topological polar surface area (TPSA) is 77.8 Å². The van der Waals surface area contributed by atoms with Crippen LogP contribution in [0, 0.1) is 50.2 Å². The molecular weight excluding hydrogens is 424 g/mol. The molecule has 3 N–H and O–H groups in total. The van der Waals surface area contributed by atoms with Gasteiger partial charge in [-0.05, 0) is 103 Å². The summed E-state index contributed by atoms with van der Waals surface area (Å²) in [6, 6.07) is 0. The van der Waals surface area contributed by atoms with Crippen molar-refractivity contribution in [2.75, 3.05) is 0 Å². The lowest BCUT2D eigenvalue weighted by Gasteiger charge is -2.71. The third-order valence-electron chi connectivity index (χ3n) is 13.0. The fraction of sp³-hybridized carbons (Fsp3) is 0.900. The molecule has 0 amide bonds. The molecule has 0 bridgehead atoms. The average Bonchev–Trinajstić information content (AvgIpc) is 2.70. The Labute approximate surface area is 206 Å². The molecule has 9 atom stereocenters. The van der Waals surface area contributed by atoms with E-state index >= 15 is 0 Å².